The number of hydrogen-bond acceptors (Lipinski definition) is 3. The Bertz CT molecular complexity index is 382. The Balaban J connectivity index is 2.69. The average molecular weight is 330 g/mol. The number of ether oxygens (including phenoxy) is 2. The van der Waals surface area contributed by atoms with Gasteiger partial charge in [0.05, 0.1) is 18.2 Å². The topological polar surface area (TPSA) is 21.7 Å². The molecule has 0 aromatic heterocycles. The smallest absolute Gasteiger partial charge is 0.133 e. The number of benzene rings is 1. The molecule has 0 saturated heterocycles. The largest absolute Gasteiger partial charge is 0.496 e. The Morgan fingerprint density at radius 2 is 2.00 bits per heavy atom. The highest BCUT2D eigenvalue weighted by molar-refractivity contribution is 9.10. The van der Waals surface area contributed by atoms with Gasteiger partial charge >= 0.3 is 0 Å². The van der Waals surface area contributed by atoms with Gasteiger partial charge in [0.15, 0.2) is 0 Å². The van der Waals surface area contributed by atoms with Crippen molar-refractivity contribution < 1.29 is 9.47 Å². The van der Waals surface area contributed by atoms with Crippen molar-refractivity contribution in [2.45, 2.75) is 20.4 Å². The maximum atomic E-state index is 5.25. The Kier molecular flexibility index (Phi) is 7.42. The lowest BCUT2D eigenvalue weighted by atomic mass is 10.1. The molecule has 0 aliphatic carbocycles. The van der Waals surface area contributed by atoms with Crippen LogP contribution in [0.25, 0.3) is 0 Å². The van der Waals surface area contributed by atoms with Crippen LogP contribution in [0, 0.1) is 5.92 Å². The molecule has 0 radical (unpaired) electrons. The first kappa shape index (κ1) is 16.5. The first-order valence-corrected chi connectivity index (χ1v) is 7.39. The standard InChI is InChI=1S/C15H24BrNO2/c1-12(2)10-17(7-8-18-3)11-13-5-6-15(19-4)14(16)9-13/h5-6,9,12H,7-8,10-11H2,1-4H3. The molecule has 0 fully saturated rings. The van der Waals surface area contributed by atoms with E-state index in [1.165, 1.54) is 5.56 Å². The van der Waals surface area contributed by atoms with E-state index >= 15 is 0 Å². The summed E-state index contributed by atoms with van der Waals surface area (Å²) in [7, 11) is 3.43. The van der Waals surface area contributed by atoms with Crippen LogP contribution in [0.5, 0.6) is 5.75 Å². The summed E-state index contributed by atoms with van der Waals surface area (Å²) in [6, 6.07) is 6.24. The van der Waals surface area contributed by atoms with Gasteiger partial charge in [-0.2, -0.15) is 0 Å². The molecule has 0 spiro atoms. The van der Waals surface area contributed by atoms with Crippen LogP contribution in [0.15, 0.2) is 22.7 Å². The third-order valence-corrected chi connectivity index (χ3v) is 3.48. The van der Waals surface area contributed by atoms with Gasteiger partial charge in [0, 0.05) is 26.7 Å². The molecule has 0 unspecified atom stereocenters. The molecular formula is C15H24BrNO2. The quantitative estimate of drug-likeness (QED) is 0.727. The predicted molar refractivity (Wildman–Crippen MR) is 82.7 cm³/mol. The van der Waals surface area contributed by atoms with Gasteiger partial charge in [-0.1, -0.05) is 19.9 Å². The van der Waals surface area contributed by atoms with E-state index in [1.54, 1.807) is 14.2 Å². The molecule has 0 aliphatic heterocycles. The van der Waals surface area contributed by atoms with Gasteiger partial charge in [-0.15, -0.1) is 0 Å². The second kappa shape index (κ2) is 8.56. The van der Waals surface area contributed by atoms with E-state index in [4.69, 9.17) is 9.47 Å². The fourth-order valence-corrected chi connectivity index (χ4v) is 2.63. The Hall–Kier alpha value is -0.580. The number of methoxy groups -OCH3 is 2. The van der Waals surface area contributed by atoms with E-state index in [1.807, 2.05) is 6.07 Å². The molecule has 0 aliphatic rings. The molecule has 1 rings (SSSR count). The molecule has 108 valence electrons. The molecule has 3 nitrogen and oxygen atoms in total. The molecule has 0 bridgehead atoms. The van der Waals surface area contributed by atoms with E-state index in [0.717, 1.165) is 36.5 Å². The summed E-state index contributed by atoms with van der Waals surface area (Å²) in [4.78, 5) is 2.42. The summed E-state index contributed by atoms with van der Waals surface area (Å²) in [6.45, 7) is 8.22. The Labute approximate surface area is 125 Å². The summed E-state index contributed by atoms with van der Waals surface area (Å²) in [5, 5.41) is 0. The van der Waals surface area contributed by atoms with Crippen molar-refractivity contribution in [3.05, 3.63) is 28.2 Å². The van der Waals surface area contributed by atoms with E-state index in [0.29, 0.717) is 5.92 Å². The van der Waals surface area contributed by atoms with Crippen LogP contribution in [0.3, 0.4) is 0 Å². The molecular weight excluding hydrogens is 306 g/mol. The highest BCUT2D eigenvalue weighted by atomic mass is 79.9. The number of halogens is 1. The van der Waals surface area contributed by atoms with Crippen LogP contribution in [0.2, 0.25) is 0 Å². The lowest BCUT2D eigenvalue weighted by Crippen LogP contribution is -2.30. The molecule has 0 N–H and O–H groups in total. The monoisotopic (exact) mass is 329 g/mol. The van der Waals surface area contributed by atoms with Crippen molar-refractivity contribution >= 4 is 15.9 Å². The highest BCUT2D eigenvalue weighted by Gasteiger charge is 2.09. The van der Waals surface area contributed by atoms with Gasteiger partial charge in [0.2, 0.25) is 0 Å². The van der Waals surface area contributed by atoms with Crippen molar-refractivity contribution in [1.82, 2.24) is 4.90 Å². The van der Waals surface area contributed by atoms with E-state index < -0.39 is 0 Å². The SMILES string of the molecule is COCCN(Cc1ccc(OC)c(Br)c1)CC(C)C. The van der Waals surface area contributed by atoms with Crippen LogP contribution < -0.4 is 4.74 Å². The summed E-state index contributed by atoms with van der Waals surface area (Å²) in [5.74, 6) is 1.52. The molecule has 0 amide bonds. The van der Waals surface area contributed by atoms with Gasteiger partial charge in [-0.05, 0) is 39.5 Å². The fraction of sp³-hybridized carbons (Fsp3) is 0.600. The maximum absolute atomic E-state index is 5.25. The predicted octanol–water partition coefficient (Wildman–Crippen LogP) is 3.56. The van der Waals surface area contributed by atoms with Gasteiger partial charge < -0.3 is 9.47 Å². The number of rotatable bonds is 8. The maximum Gasteiger partial charge on any atom is 0.133 e. The van der Waals surface area contributed by atoms with E-state index in [-0.39, 0.29) is 0 Å². The van der Waals surface area contributed by atoms with Crippen molar-refractivity contribution in [3.63, 3.8) is 0 Å². The zero-order chi connectivity index (χ0) is 14.3. The first-order chi connectivity index (χ1) is 9.06. The van der Waals surface area contributed by atoms with Crippen molar-refractivity contribution in [2.24, 2.45) is 5.92 Å². The van der Waals surface area contributed by atoms with Crippen LogP contribution in [0.4, 0.5) is 0 Å². The Morgan fingerprint density at radius 3 is 2.53 bits per heavy atom. The van der Waals surface area contributed by atoms with E-state index in [9.17, 15) is 0 Å². The highest BCUT2D eigenvalue weighted by Crippen LogP contribution is 2.26. The van der Waals surface area contributed by atoms with Gasteiger partial charge in [-0.3, -0.25) is 4.90 Å². The third-order valence-electron chi connectivity index (χ3n) is 2.86. The van der Waals surface area contributed by atoms with Gasteiger partial charge in [-0.25, -0.2) is 0 Å². The lowest BCUT2D eigenvalue weighted by molar-refractivity contribution is 0.136. The van der Waals surface area contributed by atoms with E-state index in [2.05, 4.69) is 46.8 Å². The van der Waals surface area contributed by atoms with Crippen molar-refractivity contribution in [3.8, 4) is 5.75 Å². The minimum Gasteiger partial charge on any atom is -0.496 e. The first-order valence-electron chi connectivity index (χ1n) is 6.60. The molecule has 1 aromatic carbocycles. The van der Waals surface area contributed by atoms with Crippen LogP contribution in [-0.2, 0) is 11.3 Å². The fourth-order valence-electron chi connectivity index (χ4n) is 2.04. The van der Waals surface area contributed by atoms with Gasteiger partial charge in [0.1, 0.15) is 5.75 Å². The minimum atomic E-state index is 0.651. The number of nitrogens with zero attached hydrogens (tertiary/aromatic N) is 1. The normalized spacial score (nSPS) is 11.3. The number of hydrogen-bond donors (Lipinski definition) is 0. The minimum absolute atomic E-state index is 0.651. The van der Waals surface area contributed by atoms with Crippen molar-refractivity contribution in [1.29, 1.82) is 0 Å². The van der Waals surface area contributed by atoms with Crippen LogP contribution >= 0.6 is 15.9 Å². The zero-order valence-corrected chi connectivity index (χ0v) is 13.9. The average Bonchev–Trinajstić information content (AvgIpc) is 2.35. The molecule has 1 aromatic rings. The zero-order valence-electron chi connectivity index (χ0n) is 12.3. The Morgan fingerprint density at radius 1 is 1.26 bits per heavy atom. The molecule has 19 heavy (non-hydrogen) atoms. The lowest BCUT2D eigenvalue weighted by Gasteiger charge is -2.24. The van der Waals surface area contributed by atoms with Crippen LogP contribution in [-0.4, -0.2) is 38.8 Å². The third kappa shape index (κ3) is 5.93. The summed E-state index contributed by atoms with van der Waals surface area (Å²) in [6.07, 6.45) is 0. The van der Waals surface area contributed by atoms with Crippen LogP contribution in [0.1, 0.15) is 19.4 Å². The molecule has 0 atom stereocenters. The summed E-state index contributed by atoms with van der Waals surface area (Å²) >= 11 is 3.53. The second-order valence-electron chi connectivity index (χ2n) is 5.09. The molecule has 0 heterocycles. The van der Waals surface area contributed by atoms with Crippen molar-refractivity contribution in [2.75, 3.05) is 33.9 Å². The van der Waals surface area contributed by atoms with Gasteiger partial charge in [0.25, 0.3) is 0 Å². The summed E-state index contributed by atoms with van der Waals surface area (Å²) in [5.41, 5.74) is 1.28. The second-order valence-corrected chi connectivity index (χ2v) is 5.94. The molecule has 0 saturated carbocycles. The molecule has 4 heteroatoms. The summed E-state index contributed by atoms with van der Waals surface area (Å²) < 4.78 is 11.4.